The zero-order valence-electron chi connectivity index (χ0n) is 9.07. The molecule has 0 unspecified atom stereocenters. The minimum Gasteiger partial charge on any atom is -0.497 e. The van der Waals surface area contributed by atoms with Gasteiger partial charge in [-0.25, -0.2) is 9.97 Å². The molecule has 1 aromatic carbocycles. The van der Waals surface area contributed by atoms with Gasteiger partial charge in [0.1, 0.15) is 10.4 Å². The van der Waals surface area contributed by atoms with E-state index in [9.17, 15) is 0 Å². The third-order valence-corrected chi connectivity index (χ3v) is 2.56. The number of halogens is 1. The van der Waals surface area contributed by atoms with Crippen molar-refractivity contribution in [2.45, 2.75) is 6.92 Å². The molecule has 0 radical (unpaired) electrons. The van der Waals surface area contributed by atoms with E-state index in [1.54, 1.807) is 7.11 Å². The summed E-state index contributed by atoms with van der Waals surface area (Å²) in [7, 11) is 1.64. The molecule has 0 spiro atoms. The molecule has 2 rings (SSSR count). The molecule has 0 bridgehead atoms. The Bertz CT molecular complexity index is 494. The van der Waals surface area contributed by atoms with E-state index in [1.165, 1.54) is 0 Å². The molecule has 1 aromatic heterocycles. The van der Waals surface area contributed by atoms with Crippen molar-refractivity contribution in [1.82, 2.24) is 9.97 Å². The molecular formula is C12H11BrN2O. The summed E-state index contributed by atoms with van der Waals surface area (Å²) >= 11 is 3.36. The average molecular weight is 279 g/mol. The highest BCUT2D eigenvalue weighted by atomic mass is 79.9. The predicted octanol–water partition coefficient (Wildman–Crippen LogP) is 3.22. The van der Waals surface area contributed by atoms with Gasteiger partial charge in [0.15, 0.2) is 5.82 Å². The number of rotatable bonds is 2. The monoisotopic (exact) mass is 278 g/mol. The molecule has 0 fully saturated rings. The summed E-state index contributed by atoms with van der Waals surface area (Å²) in [6.45, 7) is 1.94. The van der Waals surface area contributed by atoms with Crippen LogP contribution in [-0.2, 0) is 0 Å². The highest BCUT2D eigenvalue weighted by Gasteiger charge is 2.04. The number of hydrogen-bond acceptors (Lipinski definition) is 3. The van der Waals surface area contributed by atoms with Gasteiger partial charge in [0.25, 0.3) is 0 Å². The van der Waals surface area contributed by atoms with Crippen LogP contribution in [-0.4, -0.2) is 17.1 Å². The van der Waals surface area contributed by atoms with Gasteiger partial charge in [0.05, 0.1) is 7.11 Å². The molecule has 3 nitrogen and oxygen atoms in total. The van der Waals surface area contributed by atoms with Crippen LogP contribution in [0.5, 0.6) is 5.75 Å². The van der Waals surface area contributed by atoms with Crippen molar-refractivity contribution in [1.29, 1.82) is 0 Å². The molecule has 82 valence electrons. The zero-order valence-corrected chi connectivity index (χ0v) is 10.7. The van der Waals surface area contributed by atoms with Crippen molar-refractivity contribution in [3.63, 3.8) is 0 Å². The van der Waals surface area contributed by atoms with Crippen LogP contribution in [0, 0.1) is 6.92 Å². The van der Waals surface area contributed by atoms with Crippen LogP contribution in [0.1, 0.15) is 5.69 Å². The van der Waals surface area contributed by atoms with Crippen molar-refractivity contribution in [3.05, 3.63) is 40.6 Å². The second-order valence-corrected chi connectivity index (χ2v) is 4.20. The Morgan fingerprint density at radius 3 is 2.69 bits per heavy atom. The summed E-state index contributed by atoms with van der Waals surface area (Å²) in [5.41, 5.74) is 1.88. The summed E-state index contributed by atoms with van der Waals surface area (Å²) in [4.78, 5) is 8.71. The molecule has 0 amide bonds. The second kappa shape index (κ2) is 4.61. The quantitative estimate of drug-likeness (QED) is 0.792. The van der Waals surface area contributed by atoms with Gasteiger partial charge in [0.2, 0.25) is 0 Å². The Hall–Kier alpha value is -1.42. The van der Waals surface area contributed by atoms with Gasteiger partial charge in [-0.05, 0) is 41.1 Å². The minimum atomic E-state index is 0.700. The van der Waals surface area contributed by atoms with Crippen molar-refractivity contribution in [3.8, 4) is 17.1 Å². The van der Waals surface area contributed by atoms with E-state index >= 15 is 0 Å². The van der Waals surface area contributed by atoms with E-state index in [0.29, 0.717) is 5.82 Å². The Labute approximate surface area is 103 Å². The number of methoxy groups -OCH3 is 1. The van der Waals surface area contributed by atoms with E-state index < -0.39 is 0 Å². The number of benzene rings is 1. The Morgan fingerprint density at radius 1 is 1.19 bits per heavy atom. The predicted molar refractivity (Wildman–Crippen MR) is 66.5 cm³/mol. The maximum Gasteiger partial charge on any atom is 0.160 e. The Balaban J connectivity index is 2.49. The number of aromatic nitrogens is 2. The molecule has 0 atom stereocenters. The zero-order chi connectivity index (χ0) is 11.5. The van der Waals surface area contributed by atoms with Crippen molar-refractivity contribution >= 4 is 15.9 Å². The smallest absolute Gasteiger partial charge is 0.160 e. The fourth-order valence-electron chi connectivity index (χ4n) is 1.42. The third-order valence-electron chi connectivity index (χ3n) is 2.15. The summed E-state index contributed by atoms with van der Waals surface area (Å²) < 4.78 is 5.96. The van der Waals surface area contributed by atoms with Crippen LogP contribution in [0.15, 0.2) is 34.9 Å². The van der Waals surface area contributed by atoms with Gasteiger partial charge in [-0.1, -0.05) is 12.1 Å². The van der Waals surface area contributed by atoms with Crippen molar-refractivity contribution in [2.75, 3.05) is 7.11 Å². The molecule has 0 N–H and O–H groups in total. The number of ether oxygens (including phenoxy) is 1. The fourth-order valence-corrected chi connectivity index (χ4v) is 1.92. The van der Waals surface area contributed by atoms with Gasteiger partial charge in [0, 0.05) is 11.3 Å². The van der Waals surface area contributed by atoms with Crippen LogP contribution < -0.4 is 4.74 Å². The first-order chi connectivity index (χ1) is 7.69. The lowest BCUT2D eigenvalue weighted by Gasteiger charge is -2.04. The molecular weight excluding hydrogens is 268 g/mol. The van der Waals surface area contributed by atoms with E-state index in [-0.39, 0.29) is 0 Å². The van der Waals surface area contributed by atoms with Gasteiger partial charge >= 0.3 is 0 Å². The van der Waals surface area contributed by atoms with E-state index in [0.717, 1.165) is 21.6 Å². The average Bonchev–Trinajstić information content (AvgIpc) is 2.28. The largest absolute Gasteiger partial charge is 0.497 e. The molecule has 0 saturated heterocycles. The summed E-state index contributed by atoms with van der Waals surface area (Å²) in [6, 6.07) is 9.58. The molecule has 2 aromatic rings. The third kappa shape index (κ3) is 2.39. The topological polar surface area (TPSA) is 35.0 Å². The van der Waals surface area contributed by atoms with Gasteiger partial charge in [-0.2, -0.15) is 0 Å². The maximum atomic E-state index is 5.17. The van der Waals surface area contributed by atoms with Crippen LogP contribution in [0.3, 0.4) is 0 Å². The van der Waals surface area contributed by atoms with E-state index in [1.807, 2.05) is 37.3 Å². The number of hydrogen-bond donors (Lipinski definition) is 0. The summed E-state index contributed by atoms with van der Waals surface area (Å²) in [5, 5.41) is 0. The molecule has 0 aliphatic rings. The first kappa shape index (κ1) is 11.1. The molecule has 0 saturated carbocycles. The van der Waals surface area contributed by atoms with E-state index in [4.69, 9.17) is 4.74 Å². The highest BCUT2D eigenvalue weighted by molar-refractivity contribution is 9.10. The summed E-state index contributed by atoms with van der Waals surface area (Å²) in [5.74, 6) is 1.50. The van der Waals surface area contributed by atoms with Gasteiger partial charge < -0.3 is 4.74 Å². The molecule has 0 aliphatic carbocycles. The normalized spacial score (nSPS) is 10.2. The van der Waals surface area contributed by atoms with Crippen LogP contribution in [0.25, 0.3) is 11.4 Å². The SMILES string of the molecule is COc1cccc(-c2nc(C)cc(Br)n2)c1. The van der Waals surface area contributed by atoms with E-state index in [2.05, 4.69) is 25.9 Å². The fraction of sp³-hybridized carbons (Fsp3) is 0.167. The lowest BCUT2D eigenvalue weighted by atomic mass is 10.2. The van der Waals surface area contributed by atoms with Crippen LogP contribution >= 0.6 is 15.9 Å². The minimum absolute atomic E-state index is 0.700. The maximum absolute atomic E-state index is 5.17. The summed E-state index contributed by atoms with van der Waals surface area (Å²) in [6.07, 6.45) is 0. The molecule has 1 heterocycles. The highest BCUT2D eigenvalue weighted by Crippen LogP contribution is 2.22. The van der Waals surface area contributed by atoms with Crippen LogP contribution in [0.2, 0.25) is 0 Å². The van der Waals surface area contributed by atoms with Gasteiger partial charge in [-0.3, -0.25) is 0 Å². The first-order valence-corrected chi connectivity index (χ1v) is 5.64. The Morgan fingerprint density at radius 2 is 2.00 bits per heavy atom. The van der Waals surface area contributed by atoms with Gasteiger partial charge in [-0.15, -0.1) is 0 Å². The standard InChI is InChI=1S/C12H11BrN2O/c1-8-6-11(13)15-12(14-8)9-4-3-5-10(7-9)16-2/h3-7H,1-2H3. The lowest BCUT2D eigenvalue weighted by molar-refractivity contribution is 0.415. The molecule has 0 aliphatic heterocycles. The number of nitrogens with zero attached hydrogens (tertiary/aromatic N) is 2. The van der Waals surface area contributed by atoms with Crippen LogP contribution in [0.4, 0.5) is 0 Å². The first-order valence-electron chi connectivity index (χ1n) is 4.84. The van der Waals surface area contributed by atoms with Crippen molar-refractivity contribution in [2.24, 2.45) is 0 Å². The number of aryl methyl sites for hydroxylation is 1. The second-order valence-electron chi connectivity index (χ2n) is 3.39. The molecule has 4 heteroatoms. The van der Waals surface area contributed by atoms with Crippen molar-refractivity contribution < 1.29 is 4.74 Å². The Kier molecular flexibility index (Phi) is 3.19. The molecule has 16 heavy (non-hydrogen) atoms. The lowest BCUT2D eigenvalue weighted by Crippen LogP contribution is -1.93.